The van der Waals surface area contributed by atoms with Crippen LogP contribution in [0.1, 0.15) is 62.0 Å². The lowest BCUT2D eigenvalue weighted by molar-refractivity contribution is 0.00410. The van der Waals surface area contributed by atoms with Crippen molar-refractivity contribution in [1.82, 2.24) is 10.2 Å². The standard InChI is InChI=1S/C30H40N2O3/c1-2-3-18-31-19-10-4-5-11-22-34-24-16-20-32(21-17-24)30(33)35-23-29-27-14-8-6-12-25(27)26-13-7-9-15-28(26)29/h2,6-9,12-15,24,29,31H,1,3-5,10-11,16-23H2. The fourth-order valence-electron chi connectivity index (χ4n) is 5.18. The lowest BCUT2D eigenvalue weighted by atomic mass is 9.98. The Hall–Kier alpha value is -2.63. The molecule has 1 heterocycles. The molecule has 0 atom stereocenters. The van der Waals surface area contributed by atoms with Crippen molar-refractivity contribution in [3.05, 3.63) is 72.3 Å². The van der Waals surface area contributed by atoms with Gasteiger partial charge in [-0.15, -0.1) is 6.58 Å². The Morgan fingerprint density at radius 2 is 1.60 bits per heavy atom. The molecule has 0 radical (unpaired) electrons. The summed E-state index contributed by atoms with van der Waals surface area (Å²) in [6.07, 6.45) is 9.59. The summed E-state index contributed by atoms with van der Waals surface area (Å²) in [5.74, 6) is 0.107. The first-order valence-electron chi connectivity index (χ1n) is 13.3. The van der Waals surface area contributed by atoms with Gasteiger partial charge in [0.2, 0.25) is 0 Å². The zero-order valence-electron chi connectivity index (χ0n) is 20.9. The van der Waals surface area contributed by atoms with Gasteiger partial charge in [0.25, 0.3) is 0 Å². The van der Waals surface area contributed by atoms with Crippen molar-refractivity contribution in [2.24, 2.45) is 0 Å². The Kier molecular flexibility index (Phi) is 9.79. The average Bonchev–Trinajstić information content (AvgIpc) is 3.22. The Morgan fingerprint density at radius 1 is 0.943 bits per heavy atom. The van der Waals surface area contributed by atoms with Gasteiger partial charge in [-0.2, -0.15) is 0 Å². The van der Waals surface area contributed by atoms with Crippen molar-refractivity contribution in [2.45, 2.75) is 57.0 Å². The molecule has 1 amide bonds. The van der Waals surface area contributed by atoms with Gasteiger partial charge in [0, 0.05) is 25.6 Å². The fraction of sp³-hybridized carbons (Fsp3) is 0.500. The molecule has 0 aromatic heterocycles. The number of amides is 1. The summed E-state index contributed by atoms with van der Waals surface area (Å²) in [6.45, 7) is 8.47. The first kappa shape index (κ1) is 25.5. The molecule has 1 N–H and O–H groups in total. The van der Waals surface area contributed by atoms with Gasteiger partial charge in [-0.1, -0.05) is 67.4 Å². The minimum Gasteiger partial charge on any atom is -0.448 e. The molecular weight excluding hydrogens is 436 g/mol. The third-order valence-electron chi connectivity index (χ3n) is 7.16. The van der Waals surface area contributed by atoms with E-state index in [0.29, 0.717) is 19.7 Å². The van der Waals surface area contributed by atoms with Crippen LogP contribution in [-0.4, -0.2) is 56.5 Å². The third kappa shape index (κ3) is 6.96. The molecule has 2 aromatic rings. The Labute approximate surface area is 210 Å². The van der Waals surface area contributed by atoms with E-state index >= 15 is 0 Å². The Balaban J connectivity index is 1.11. The number of carbonyl (C=O) groups is 1. The van der Waals surface area contributed by atoms with E-state index in [2.05, 4.69) is 60.4 Å². The minimum atomic E-state index is -0.202. The van der Waals surface area contributed by atoms with Gasteiger partial charge in [-0.3, -0.25) is 0 Å². The van der Waals surface area contributed by atoms with E-state index in [9.17, 15) is 4.79 Å². The van der Waals surface area contributed by atoms with Crippen LogP contribution in [0.4, 0.5) is 4.79 Å². The van der Waals surface area contributed by atoms with Gasteiger partial charge in [0.1, 0.15) is 6.61 Å². The number of unbranched alkanes of at least 4 members (excludes halogenated alkanes) is 3. The van der Waals surface area contributed by atoms with E-state index in [1.165, 1.54) is 41.5 Å². The summed E-state index contributed by atoms with van der Waals surface area (Å²) >= 11 is 0. The number of nitrogens with zero attached hydrogens (tertiary/aromatic N) is 1. The van der Waals surface area contributed by atoms with E-state index in [4.69, 9.17) is 9.47 Å². The van der Waals surface area contributed by atoms with Gasteiger partial charge < -0.3 is 19.7 Å². The van der Waals surface area contributed by atoms with Crippen LogP contribution in [0.2, 0.25) is 0 Å². The number of hydrogen-bond donors (Lipinski definition) is 1. The van der Waals surface area contributed by atoms with Crippen molar-refractivity contribution in [3.63, 3.8) is 0 Å². The molecule has 0 unspecified atom stereocenters. The van der Waals surface area contributed by atoms with Crippen LogP contribution in [0.3, 0.4) is 0 Å². The minimum absolute atomic E-state index is 0.107. The largest absolute Gasteiger partial charge is 0.448 e. The predicted octanol–water partition coefficient (Wildman–Crippen LogP) is 6.14. The maximum Gasteiger partial charge on any atom is 0.409 e. The molecule has 1 aliphatic heterocycles. The molecule has 2 aliphatic rings. The lowest BCUT2D eigenvalue weighted by Gasteiger charge is -2.31. The summed E-state index contributed by atoms with van der Waals surface area (Å²) in [4.78, 5) is 14.6. The molecule has 2 aromatic carbocycles. The molecule has 188 valence electrons. The molecule has 1 saturated heterocycles. The van der Waals surface area contributed by atoms with Crippen LogP contribution in [0.25, 0.3) is 11.1 Å². The van der Waals surface area contributed by atoms with Crippen molar-refractivity contribution in [3.8, 4) is 11.1 Å². The van der Waals surface area contributed by atoms with Gasteiger partial charge in [0.15, 0.2) is 0 Å². The summed E-state index contributed by atoms with van der Waals surface area (Å²) in [6, 6.07) is 16.9. The monoisotopic (exact) mass is 476 g/mol. The smallest absolute Gasteiger partial charge is 0.409 e. The summed E-state index contributed by atoms with van der Waals surface area (Å²) in [7, 11) is 0. The van der Waals surface area contributed by atoms with E-state index in [1.54, 1.807) is 0 Å². The highest BCUT2D eigenvalue weighted by Crippen LogP contribution is 2.44. The lowest BCUT2D eigenvalue weighted by Crippen LogP contribution is -2.41. The molecule has 0 bridgehead atoms. The Bertz CT molecular complexity index is 907. The van der Waals surface area contributed by atoms with Crippen molar-refractivity contribution < 1.29 is 14.3 Å². The second-order valence-electron chi connectivity index (χ2n) is 9.60. The molecule has 5 nitrogen and oxygen atoms in total. The van der Waals surface area contributed by atoms with Gasteiger partial charge in [-0.05, 0) is 67.4 Å². The predicted molar refractivity (Wildman–Crippen MR) is 142 cm³/mol. The van der Waals surface area contributed by atoms with Crippen molar-refractivity contribution in [1.29, 1.82) is 0 Å². The van der Waals surface area contributed by atoms with Crippen molar-refractivity contribution >= 4 is 6.09 Å². The van der Waals surface area contributed by atoms with Crippen LogP contribution in [0.15, 0.2) is 61.2 Å². The molecule has 1 fully saturated rings. The van der Waals surface area contributed by atoms with Crippen LogP contribution in [0.5, 0.6) is 0 Å². The number of ether oxygens (including phenoxy) is 2. The zero-order valence-corrected chi connectivity index (χ0v) is 20.9. The molecule has 35 heavy (non-hydrogen) atoms. The number of piperidine rings is 1. The number of benzene rings is 2. The number of carbonyl (C=O) groups excluding carboxylic acids is 1. The zero-order chi connectivity index (χ0) is 24.3. The van der Waals surface area contributed by atoms with Gasteiger partial charge >= 0.3 is 6.09 Å². The average molecular weight is 477 g/mol. The number of rotatable bonds is 13. The topological polar surface area (TPSA) is 50.8 Å². The van der Waals surface area contributed by atoms with Crippen LogP contribution >= 0.6 is 0 Å². The van der Waals surface area contributed by atoms with Crippen LogP contribution < -0.4 is 5.32 Å². The highest BCUT2D eigenvalue weighted by atomic mass is 16.6. The van der Waals surface area contributed by atoms with Crippen LogP contribution in [-0.2, 0) is 9.47 Å². The molecule has 0 saturated carbocycles. The van der Waals surface area contributed by atoms with E-state index in [-0.39, 0.29) is 18.1 Å². The summed E-state index contributed by atoms with van der Waals surface area (Å²) in [5, 5.41) is 3.43. The maximum absolute atomic E-state index is 12.8. The fourth-order valence-corrected chi connectivity index (χ4v) is 5.18. The van der Waals surface area contributed by atoms with Crippen LogP contribution in [0, 0.1) is 0 Å². The number of hydrogen-bond acceptors (Lipinski definition) is 4. The molecule has 4 rings (SSSR count). The van der Waals surface area contributed by atoms with Gasteiger partial charge in [-0.25, -0.2) is 4.79 Å². The van der Waals surface area contributed by atoms with E-state index in [1.807, 2.05) is 11.0 Å². The normalized spacial score (nSPS) is 15.6. The molecule has 0 spiro atoms. The first-order chi connectivity index (χ1) is 17.3. The first-order valence-corrected chi connectivity index (χ1v) is 13.3. The van der Waals surface area contributed by atoms with E-state index in [0.717, 1.165) is 45.4 Å². The highest BCUT2D eigenvalue weighted by Gasteiger charge is 2.30. The SMILES string of the molecule is C=CCCNCCCCCCOC1CCN(C(=O)OCC2c3ccccc3-c3ccccc32)CC1. The van der Waals surface area contributed by atoms with E-state index < -0.39 is 0 Å². The summed E-state index contributed by atoms with van der Waals surface area (Å²) in [5.41, 5.74) is 5.00. The second kappa shape index (κ2) is 13.5. The number of fused-ring (bicyclic) bond motifs is 3. The summed E-state index contributed by atoms with van der Waals surface area (Å²) < 4.78 is 11.9. The molecule has 1 aliphatic carbocycles. The second-order valence-corrected chi connectivity index (χ2v) is 9.60. The number of nitrogens with one attached hydrogen (secondary N) is 1. The van der Waals surface area contributed by atoms with Crippen molar-refractivity contribution in [2.75, 3.05) is 39.4 Å². The Morgan fingerprint density at radius 3 is 2.29 bits per heavy atom. The number of likely N-dealkylation sites (tertiary alicyclic amines) is 1. The molecular formula is C30H40N2O3. The highest BCUT2D eigenvalue weighted by molar-refractivity contribution is 5.79. The molecule has 5 heteroatoms. The quantitative estimate of drug-likeness (QED) is 0.279. The maximum atomic E-state index is 12.8. The third-order valence-corrected chi connectivity index (χ3v) is 7.16. The van der Waals surface area contributed by atoms with Gasteiger partial charge in [0.05, 0.1) is 6.10 Å².